The van der Waals surface area contributed by atoms with Gasteiger partial charge in [-0.3, -0.25) is 9.59 Å². The van der Waals surface area contributed by atoms with Gasteiger partial charge in [0.1, 0.15) is 0 Å². The van der Waals surface area contributed by atoms with Crippen LogP contribution < -0.4 is 5.30 Å². The molecule has 4 heteroatoms. The van der Waals surface area contributed by atoms with Crippen molar-refractivity contribution in [3.63, 3.8) is 0 Å². The van der Waals surface area contributed by atoms with E-state index in [1.165, 1.54) is 0 Å². The first-order valence-corrected chi connectivity index (χ1v) is 11.8. The average Bonchev–Trinajstić information content (AvgIpc) is 2.65. The number of ketones is 2. The molecule has 0 saturated heterocycles. The molecule has 0 amide bonds. The van der Waals surface area contributed by atoms with E-state index in [1.807, 2.05) is 77.9 Å². The minimum absolute atomic E-state index is 0.128. The zero-order valence-corrected chi connectivity index (χ0v) is 19.9. The Bertz CT molecular complexity index is 1160. The SMILES string of the molecule is Cc1cc(C)c(C(=O)c2cccc(P=S)c2C(=O)c2c(C)cc(C)cc2C)c(C)c1. The van der Waals surface area contributed by atoms with E-state index >= 15 is 0 Å². The highest BCUT2D eigenvalue weighted by molar-refractivity contribution is 7.99. The van der Waals surface area contributed by atoms with Crippen molar-refractivity contribution >= 4 is 36.0 Å². The lowest BCUT2D eigenvalue weighted by Crippen LogP contribution is -2.21. The van der Waals surface area contributed by atoms with E-state index in [1.54, 1.807) is 6.07 Å². The zero-order valence-electron chi connectivity index (χ0n) is 18.2. The maximum Gasteiger partial charge on any atom is 0.195 e. The molecule has 0 unspecified atom stereocenters. The minimum atomic E-state index is -0.135. The second-order valence-corrected chi connectivity index (χ2v) is 9.21. The smallest absolute Gasteiger partial charge is 0.195 e. The molecular weight excluding hydrogens is 407 g/mol. The van der Waals surface area contributed by atoms with Crippen LogP contribution >= 0.6 is 7.36 Å². The molecule has 3 aromatic carbocycles. The quantitative estimate of drug-likeness (QED) is 0.365. The van der Waals surface area contributed by atoms with Crippen molar-refractivity contribution in [2.24, 2.45) is 0 Å². The molecule has 0 aliphatic heterocycles. The Morgan fingerprint density at radius 1 is 0.667 bits per heavy atom. The van der Waals surface area contributed by atoms with Gasteiger partial charge in [0.25, 0.3) is 0 Å². The number of rotatable bonds is 5. The molecule has 0 radical (unpaired) electrons. The highest BCUT2D eigenvalue weighted by Gasteiger charge is 2.26. The van der Waals surface area contributed by atoms with Crippen LogP contribution in [0.4, 0.5) is 0 Å². The molecule has 0 aliphatic carbocycles. The maximum absolute atomic E-state index is 13.8. The van der Waals surface area contributed by atoms with Gasteiger partial charge in [-0.2, -0.15) is 0 Å². The topological polar surface area (TPSA) is 34.1 Å². The standard InChI is InChI=1S/C26H25O2PS/c1-14-10-16(3)22(17(4)11-14)25(27)20-8-7-9-21(29-30)24(20)26(28)23-18(5)12-15(2)13-19(23)6/h7-13H,1-6H3. The number of carbonyl (C=O) groups is 2. The fraction of sp³-hybridized carbons (Fsp3) is 0.231. The number of hydrogen-bond acceptors (Lipinski definition) is 3. The highest BCUT2D eigenvalue weighted by Crippen LogP contribution is 2.26. The van der Waals surface area contributed by atoms with Gasteiger partial charge in [-0.15, -0.1) is 0 Å². The van der Waals surface area contributed by atoms with E-state index < -0.39 is 0 Å². The molecule has 30 heavy (non-hydrogen) atoms. The summed E-state index contributed by atoms with van der Waals surface area (Å²) in [5.74, 6) is -0.264. The van der Waals surface area contributed by atoms with Crippen molar-refractivity contribution in [2.45, 2.75) is 41.5 Å². The Kier molecular flexibility index (Phi) is 6.45. The van der Waals surface area contributed by atoms with Crippen LogP contribution in [-0.4, -0.2) is 11.6 Å². The Balaban J connectivity index is 2.27. The van der Waals surface area contributed by atoms with Gasteiger partial charge in [-0.1, -0.05) is 59.3 Å². The second kappa shape index (κ2) is 8.71. The van der Waals surface area contributed by atoms with Crippen molar-refractivity contribution in [1.29, 1.82) is 0 Å². The zero-order chi connectivity index (χ0) is 22.2. The first-order chi connectivity index (χ1) is 14.1. The lowest BCUT2D eigenvalue weighted by atomic mass is 9.87. The lowest BCUT2D eigenvalue weighted by Gasteiger charge is -2.16. The lowest BCUT2D eigenvalue weighted by molar-refractivity contribution is 0.100. The van der Waals surface area contributed by atoms with Crippen molar-refractivity contribution in [3.8, 4) is 0 Å². The van der Waals surface area contributed by atoms with Crippen LogP contribution in [0.5, 0.6) is 0 Å². The summed E-state index contributed by atoms with van der Waals surface area (Å²) < 4.78 is 0. The summed E-state index contributed by atoms with van der Waals surface area (Å²) in [7, 11) is 0.544. The van der Waals surface area contributed by atoms with Gasteiger partial charge in [-0.05, 0) is 69.9 Å². The van der Waals surface area contributed by atoms with E-state index in [9.17, 15) is 9.59 Å². The fourth-order valence-electron chi connectivity index (χ4n) is 4.38. The first kappa shape index (κ1) is 22.2. The van der Waals surface area contributed by atoms with Crippen molar-refractivity contribution in [3.05, 3.63) is 98.1 Å². The van der Waals surface area contributed by atoms with Crippen LogP contribution in [0.3, 0.4) is 0 Å². The summed E-state index contributed by atoms with van der Waals surface area (Å²) >= 11 is 5.30. The molecule has 0 spiro atoms. The van der Waals surface area contributed by atoms with Crippen LogP contribution in [0.15, 0.2) is 42.5 Å². The van der Waals surface area contributed by atoms with Gasteiger partial charge >= 0.3 is 0 Å². The summed E-state index contributed by atoms with van der Waals surface area (Å²) in [6.45, 7) is 11.8. The third-order valence-corrected chi connectivity index (χ3v) is 6.58. The fourth-order valence-corrected chi connectivity index (χ4v) is 5.30. The van der Waals surface area contributed by atoms with Gasteiger partial charge in [0.15, 0.2) is 11.6 Å². The largest absolute Gasteiger partial charge is 0.289 e. The van der Waals surface area contributed by atoms with Crippen LogP contribution in [0.2, 0.25) is 0 Å². The van der Waals surface area contributed by atoms with Crippen LogP contribution in [0, 0.1) is 41.5 Å². The molecule has 0 atom stereocenters. The molecular formula is C26H25O2PS. The number of benzene rings is 3. The Hall–Kier alpha value is -2.48. The normalized spacial score (nSPS) is 11.0. The summed E-state index contributed by atoms with van der Waals surface area (Å²) in [5.41, 5.74) is 8.03. The molecule has 0 N–H and O–H groups in total. The molecule has 2 nitrogen and oxygen atoms in total. The molecule has 152 valence electrons. The van der Waals surface area contributed by atoms with Crippen LogP contribution in [0.1, 0.15) is 65.2 Å². The molecule has 3 rings (SSSR count). The van der Waals surface area contributed by atoms with E-state index in [0.717, 1.165) is 33.4 Å². The van der Waals surface area contributed by atoms with E-state index in [0.29, 0.717) is 34.9 Å². The van der Waals surface area contributed by atoms with E-state index in [-0.39, 0.29) is 11.6 Å². The molecule has 0 fully saturated rings. The van der Waals surface area contributed by atoms with Gasteiger partial charge in [0.2, 0.25) is 0 Å². The van der Waals surface area contributed by atoms with Gasteiger partial charge in [0, 0.05) is 34.9 Å². The second-order valence-electron chi connectivity index (χ2n) is 8.00. The summed E-state index contributed by atoms with van der Waals surface area (Å²) in [5, 5.41) is 0.697. The van der Waals surface area contributed by atoms with E-state index in [4.69, 9.17) is 11.8 Å². The Morgan fingerprint density at radius 3 is 1.53 bits per heavy atom. The molecule has 0 heterocycles. The molecule has 0 aromatic heterocycles. The predicted octanol–water partition coefficient (Wildman–Crippen LogP) is 6.03. The number of carbonyl (C=O) groups excluding carboxylic acids is 2. The summed E-state index contributed by atoms with van der Waals surface area (Å²) in [6, 6.07) is 13.4. The van der Waals surface area contributed by atoms with Crippen molar-refractivity contribution < 1.29 is 9.59 Å². The van der Waals surface area contributed by atoms with Gasteiger partial charge in [-0.25, -0.2) is 0 Å². The Labute approximate surface area is 185 Å². The number of hydrogen-bond donors (Lipinski definition) is 0. The van der Waals surface area contributed by atoms with Crippen LogP contribution in [-0.2, 0) is 11.8 Å². The molecule has 3 aromatic rings. The van der Waals surface area contributed by atoms with Gasteiger partial charge in [0.05, 0.1) is 0 Å². The third-order valence-electron chi connectivity index (χ3n) is 5.42. The summed E-state index contributed by atoms with van der Waals surface area (Å²) in [4.78, 5) is 27.4. The van der Waals surface area contributed by atoms with E-state index in [2.05, 4.69) is 0 Å². The molecule has 0 aliphatic rings. The van der Waals surface area contributed by atoms with Crippen LogP contribution in [0.25, 0.3) is 0 Å². The Morgan fingerprint density at radius 2 is 1.10 bits per heavy atom. The number of aryl methyl sites for hydroxylation is 6. The monoisotopic (exact) mass is 432 g/mol. The maximum atomic E-state index is 13.8. The minimum Gasteiger partial charge on any atom is -0.289 e. The first-order valence-electron chi connectivity index (χ1n) is 9.87. The predicted molar refractivity (Wildman–Crippen MR) is 129 cm³/mol. The molecule has 0 bridgehead atoms. The highest BCUT2D eigenvalue weighted by atomic mass is 32.4. The van der Waals surface area contributed by atoms with Gasteiger partial charge < -0.3 is 0 Å². The molecule has 0 saturated carbocycles. The van der Waals surface area contributed by atoms with Crippen molar-refractivity contribution in [2.75, 3.05) is 0 Å². The average molecular weight is 433 g/mol. The summed E-state index contributed by atoms with van der Waals surface area (Å²) in [6.07, 6.45) is 0. The third kappa shape index (κ3) is 4.05. The van der Waals surface area contributed by atoms with Crippen molar-refractivity contribution in [1.82, 2.24) is 0 Å².